The van der Waals surface area contributed by atoms with Gasteiger partial charge in [0.15, 0.2) is 0 Å². The van der Waals surface area contributed by atoms with Gasteiger partial charge in [0.2, 0.25) is 0 Å². The van der Waals surface area contributed by atoms with Crippen LogP contribution in [0.4, 0.5) is 4.79 Å². The first-order valence-electron chi connectivity index (χ1n) is 5.85. The summed E-state index contributed by atoms with van der Waals surface area (Å²) in [6.45, 7) is 4.25. The topological polar surface area (TPSA) is 99.1 Å². The summed E-state index contributed by atoms with van der Waals surface area (Å²) in [5, 5.41) is 19.8. The second-order valence-electron chi connectivity index (χ2n) is 4.19. The van der Waals surface area contributed by atoms with E-state index >= 15 is 0 Å². The molecule has 0 bridgehead atoms. The SMILES string of the molecule is CC(C)OCCN(C)C(=O)N[C@H](CCO)C(=O)O. The van der Waals surface area contributed by atoms with Gasteiger partial charge in [-0.1, -0.05) is 0 Å². The molecule has 0 rings (SSSR count). The Kier molecular flexibility index (Phi) is 8.06. The molecule has 0 aromatic rings. The van der Waals surface area contributed by atoms with Crippen molar-refractivity contribution in [1.82, 2.24) is 10.2 Å². The van der Waals surface area contributed by atoms with Crippen molar-refractivity contribution in [1.29, 1.82) is 0 Å². The Morgan fingerprint density at radius 1 is 1.39 bits per heavy atom. The third-order valence-corrected chi connectivity index (χ3v) is 2.24. The highest BCUT2D eigenvalue weighted by Gasteiger charge is 2.20. The number of aliphatic hydroxyl groups is 1. The van der Waals surface area contributed by atoms with Gasteiger partial charge in [0.1, 0.15) is 6.04 Å². The Bertz CT molecular complexity index is 270. The summed E-state index contributed by atoms with van der Waals surface area (Å²) in [6, 6.07) is -1.57. The standard InChI is InChI=1S/C11H22N2O5/c1-8(2)18-7-5-13(3)11(17)12-9(4-6-14)10(15)16/h8-9,14H,4-7H2,1-3H3,(H,12,17)(H,15,16)/t9-/m1/s1. The lowest BCUT2D eigenvalue weighted by Gasteiger charge is -2.21. The molecule has 0 aliphatic rings. The molecule has 1 atom stereocenters. The highest BCUT2D eigenvalue weighted by Crippen LogP contribution is 1.95. The van der Waals surface area contributed by atoms with Gasteiger partial charge in [0.25, 0.3) is 0 Å². The number of likely N-dealkylation sites (N-methyl/N-ethyl adjacent to an activating group) is 1. The molecule has 7 heteroatoms. The van der Waals surface area contributed by atoms with Crippen molar-refractivity contribution in [3.63, 3.8) is 0 Å². The van der Waals surface area contributed by atoms with Crippen molar-refractivity contribution < 1.29 is 24.5 Å². The maximum absolute atomic E-state index is 11.6. The van der Waals surface area contributed by atoms with Gasteiger partial charge in [-0.25, -0.2) is 9.59 Å². The minimum atomic E-state index is -1.16. The van der Waals surface area contributed by atoms with Crippen molar-refractivity contribution in [2.75, 3.05) is 26.8 Å². The maximum Gasteiger partial charge on any atom is 0.326 e. The highest BCUT2D eigenvalue weighted by molar-refractivity contribution is 5.82. The van der Waals surface area contributed by atoms with Crippen LogP contribution in [0.2, 0.25) is 0 Å². The van der Waals surface area contributed by atoms with E-state index in [0.29, 0.717) is 13.2 Å². The summed E-state index contributed by atoms with van der Waals surface area (Å²) in [5.74, 6) is -1.16. The summed E-state index contributed by atoms with van der Waals surface area (Å²) >= 11 is 0. The predicted molar refractivity (Wildman–Crippen MR) is 65.4 cm³/mol. The minimum Gasteiger partial charge on any atom is -0.480 e. The van der Waals surface area contributed by atoms with E-state index in [1.165, 1.54) is 4.90 Å². The number of carboxylic acids is 1. The van der Waals surface area contributed by atoms with Crippen LogP contribution in [-0.2, 0) is 9.53 Å². The lowest BCUT2D eigenvalue weighted by Crippen LogP contribution is -2.47. The van der Waals surface area contributed by atoms with Crippen LogP contribution in [0.25, 0.3) is 0 Å². The minimum absolute atomic E-state index is 0.0165. The molecule has 0 heterocycles. The number of carbonyl (C=O) groups excluding carboxylic acids is 1. The second kappa shape index (κ2) is 8.71. The average Bonchev–Trinajstić information content (AvgIpc) is 2.27. The van der Waals surface area contributed by atoms with Gasteiger partial charge in [-0.2, -0.15) is 0 Å². The number of amides is 2. The third-order valence-electron chi connectivity index (χ3n) is 2.24. The van der Waals surface area contributed by atoms with Crippen LogP contribution in [-0.4, -0.2) is 66.1 Å². The Balaban J connectivity index is 4.08. The molecule has 0 spiro atoms. The van der Waals surface area contributed by atoms with Gasteiger partial charge in [-0.15, -0.1) is 0 Å². The Morgan fingerprint density at radius 3 is 2.44 bits per heavy atom. The van der Waals surface area contributed by atoms with E-state index in [9.17, 15) is 9.59 Å². The molecule has 106 valence electrons. The lowest BCUT2D eigenvalue weighted by molar-refractivity contribution is -0.139. The van der Waals surface area contributed by atoms with Gasteiger partial charge in [-0.3, -0.25) is 0 Å². The first-order valence-corrected chi connectivity index (χ1v) is 5.85. The van der Waals surface area contributed by atoms with E-state index in [1.807, 2.05) is 13.8 Å². The fraction of sp³-hybridized carbons (Fsp3) is 0.818. The fourth-order valence-electron chi connectivity index (χ4n) is 1.17. The van der Waals surface area contributed by atoms with Crippen LogP contribution in [0.5, 0.6) is 0 Å². The van der Waals surface area contributed by atoms with Crippen LogP contribution in [0.15, 0.2) is 0 Å². The number of urea groups is 1. The largest absolute Gasteiger partial charge is 0.480 e. The summed E-state index contributed by atoms with van der Waals surface area (Å²) in [6.07, 6.45) is 0.0693. The molecule has 0 aromatic carbocycles. The molecule has 7 nitrogen and oxygen atoms in total. The zero-order valence-electron chi connectivity index (χ0n) is 11.0. The highest BCUT2D eigenvalue weighted by atomic mass is 16.5. The van der Waals surface area contributed by atoms with Crippen LogP contribution in [0.3, 0.4) is 0 Å². The van der Waals surface area contributed by atoms with Crippen LogP contribution < -0.4 is 5.32 Å². The van der Waals surface area contributed by atoms with Gasteiger partial charge >= 0.3 is 12.0 Å². The van der Waals surface area contributed by atoms with E-state index in [4.69, 9.17) is 14.9 Å². The summed E-state index contributed by atoms with van der Waals surface area (Å²) in [5.41, 5.74) is 0. The number of aliphatic carboxylic acids is 1. The summed E-state index contributed by atoms with van der Waals surface area (Å²) in [7, 11) is 1.55. The first kappa shape index (κ1) is 16.7. The zero-order valence-corrected chi connectivity index (χ0v) is 11.0. The first-order chi connectivity index (χ1) is 8.38. The number of carbonyl (C=O) groups is 2. The van der Waals surface area contributed by atoms with E-state index < -0.39 is 18.0 Å². The summed E-state index contributed by atoms with van der Waals surface area (Å²) in [4.78, 5) is 23.7. The monoisotopic (exact) mass is 262 g/mol. The summed E-state index contributed by atoms with van der Waals surface area (Å²) < 4.78 is 5.28. The number of ether oxygens (including phenoxy) is 1. The van der Waals surface area contributed by atoms with Gasteiger partial charge in [0, 0.05) is 26.6 Å². The molecule has 0 radical (unpaired) electrons. The number of carboxylic acid groups (broad SMARTS) is 1. The number of nitrogens with one attached hydrogen (secondary N) is 1. The molecule has 0 unspecified atom stereocenters. The Hall–Kier alpha value is -1.34. The van der Waals surface area contributed by atoms with Gasteiger partial charge in [-0.05, 0) is 13.8 Å². The van der Waals surface area contributed by atoms with Crippen LogP contribution in [0, 0.1) is 0 Å². The van der Waals surface area contributed by atoms with Crippen molar-refractivity contribution in [2.45, 2.75) is 32.4 Å². The molecular formula is C11H22N2O5. The van der Waals surface area contributed by atoms with E-state index in [0.717, 1.165) is 0 Å². The number of nitrogens with zero attached hydrogens (tertiary/aromatic N) is 1. The van der Waals surface area contributed by atoms with Gasteiger partial charge in [0.05, 0.1) is 12.7 Å². The Labute approximate surface area is 107 Å². The normalized spacial score (nSPS) is 12.3. The number of aliphatic hydroxyl groups excluding tert-OH is 1. The number of hydrogen-bond acceptors (Lipinski definition) is 4. The predicted octanol–water partition coefficient (Wildman–Crippen LogP) is -0.112. The molecule has 0 aliphatic carbocycles. The molecule has 0 saturated carbocycles. The van der Waals surface area contributed by atoms with Crippen molar-refractivity contribution in [2.24, 2.45) is 0 Å². The van der Waals surface area contributed by atoms with Crippen molar-refractivity contribution in [3.05, 3.63) is 0 Å². The molecule has 0 aromatic heterocycles. The smallest absolute Gasteiger partial charge is 0.326 e. The molecule has 18 heavy (non-hydrogen) atoms. The fourth-order valence-corrected chi connectivity index (χ4v) is 1.17. The Morgan fingerprint density at radius 2 is 2.00 bits per heavy atom. The molecule has 0 fully saturated rings. The van der Waals surface area contributed by atoms with Crippen molar-refractivity contribution >= 4 is 12.0 Å². The van der Waals surface area contributed by atoms with Crippen LogP contribution in [0.1, 0.15) is 20.3 Å². The molecule has 0 aliphatic heterocycles. The van der Waals surface area contributed by atoms with E-state index in [2.05, 4.69) is 5.32 Å². The molecule has 2 amide bonds. The lowest BCUT2D eigenvalue weighted by atomic mass is 10.2. The second-order valence-corrected chi connectivity index (χ2v) is 4.19. The number of rotatable bonds is 8. The zero-order chi connectivity index (χ0) is 14.1. The number of hydrogen-bond donors (Lipinski definition) is 3. The third kappa shape index (κ3) is 7.08. The van der Waals surface area contributed by atoms with E-state index in [1.54, 1.807) is 7.05 Å². The average molecular weight is 262 g/mol. The maximum atomic E-state index is 11.6. The molecular weight excluding hydrogens is 240 g/mol. The molecule has 3 N–H and O–H groups in total. The molecule has 0 saturated heterocycles. The van der Waals surface area contributed by atoms with Crippen LogP contribution >= 0.6 is 0 Å². The van der Waals surface area contributed by atoms with Gasteiger partial charge < -0.3 is 25.2 Å². The van der Waals surface area contributed by atoms with Crippen molar-refractivity contribution in [3.8, 4) is 0 Å². The quantitative estimate of drug-likeness (QED) is 0.567. The van der Waals surface area contributed by atoms with E-state index in [-0.39, 0.29) is 19.1 Å².